The van der Waals surface area contributed by atoms with Gasteiger partial charge in [-0.2, -0.15) is 0 Å². The summed E-state index contributed by atoms with van der Waals surface area (Å²) in [5.41, 5.74) is 3.47. The normalized spacial score (nSPS) is 24.5. The molecular formula is C23H24ClNO3. The third-order valence-corrected chi connectivity index (χ3v) is 6.43. The summed E-state index contributed by atoms with van der Waals surface area (Å²) in [7, 11) is 0. The van der Waals surface area contributed by atoms with Gasteiger partial charge in [0.2, 0.25) is 5.91 Å². The fourth-order valence-corrected chi connectivity index (χ4v) is 4.77. The molecule has 2 aromatic carbocycles. The van der Waals surface area contributed by atoms with Gasteiger partial charge in [0.15, 0.2) is 0 Å². The molecular weight excluding hydrogens is 374 g/mol. The molecule has 0 radical (unpaired) electrons. The highest BCUT2D eigenvalue weighted by Gasteiger charge is 2.37. The second-order valence-corrected chi connectivity index (χ2v) is 8.33. The molecule has 0 spiro atoms. The lowest BCUT2D eigenvalue weighted by Gasteiger charge is -2.40. The van der Waals surface area contributed by atoms with E-state index < -0.39 is 5.97 Å². The first-order valence-electron chi connectivity index (χ1n) is 9.88. The average Bonchev–Trinajstić information content (AvgIpc) is 2.73. The molecule has 1 saturated carbocycles. The summed E-state index contributed by atoms with van der Waals surface area (Å²) in [5, 5.41) is 9.92. The van der Waals surface area contributed by atoms with Crippen LogP contribution in [-0.2, 0) is 22.6 Å². The molecule has 4 rings (SSSR count). The van der Waals surface area contributed by atoms with Gasteiger partial charge in [0.05, 0.1) is 12.0 Å². The number of carboxylic acid groups (broad SMARTS) is 1. The van der Waals surface area contributed by atoms with Crippen LogP contribution in [0.3, 0.4) is 0 Å². The summed E-state index contributed by atoms with van der Waals surface area (Å²) in [6.45, 7) is 0.549. The molecule has 1 amide bonds. The first-order chi connectivity index (χ1) is 13.5. The number of aliphatic carboxylic acids is 1. The number of hydrogen-bond donors (Lipinski definition) is 1. The lowest BCUT2D eigenvalue weighted by molar-refractivity contribution is -0.147. The Morgan fingerprint density at radius 2 is 1.61 bits per heavy atom. The van der Waals surface area contributed by atoms with E-state index in [0.717, 1.165) is 17.5 Å². The molecule has 2 aliphatic rings. The number of halogens is 1. The molecule has 0 aromatic heterocycles. The zero-order valence-corrected chi connectivity index (χ0v) is 16.4. The van der Waals surface area contributed by atoms with Crippen LogP contribution in [0, 0.1) is 11.8 Å². The van der Waals surface area contributed by atoms with Gasteiger partial charge < -0.3 is 10.0 Å². The van der Waals surface area contributed by atoms with E-state index in [2.05, 4.69) is 18.2 Å². The molecule has 1 aliphatic carbocycles. The highest BCUT2D eigenvalue weighted by molar-refractivity contribution is 6.30. The lowest BCUT2D eigenvalue weighted by Crippen LogP contribution is -2.43. The fraction of sp³-hybridized carbons (Fsp3) is 0.391. The minimum atomic E-state index is -0.741. The van der Waals surface area contributed by atoms with E-state index in [1.165, 1.54) is 5.56 Å². The van der Waals surface area contributed by atoms with Crippen molar-refractivity contribution in [2.75, 3.05) is 0 Å². The number of benzene rings is 2. The van der Waals surface area contributed by atoms with Gasteiger partial charge in [0.1, 0.15) is 0 Å². The number of hydrogen-bond acceptors (Lipinski definition) is 2. The van der Waals surface area contributed by atoms with Crippen LogP contribution in [-0.4, -0.2) is 21.9 Å². The predicted octanol–water partition coefficient (Wildman–Crippen LogP) is 4.86. The third kappa shape index (κ3) is 3.79. The van der Waals surface area contributed by atoms with Gasteiger partial charge in [0.25, 0.3) is 0 Å². The number of carbonyl (C=O) groups is 2. The van der Waals surface area contributed by atoms with Crippen molar-refractivity contribution in [1.29, 1.82) is 0 Å². The standard InChI is InChI=1S/C23H24ClNO3/c24-20-11-10-18-13-21(15-4-2-1-3-5-15)25(14-19(18)12-20)22(26)16-6-8-17(9-7-16)23(27)28/h1-5,10-12,16-17,21H,6-9,13-14H2,(H,27,28). The topological polar surface area (TPSA) is 57.6 Å². The van der Waals surface area contributed by atoms with Crippen molar-refractivity contribution in [3.05, 3.63) is 70.2 Å². The molecule has 0 saturated heterocycles. The molecule has 2 aromatic rings. The van der Waals surface area contributed by atoms with E-state index in [1.54, 1.807) is 0 Å². The van der Waals surface area contributed by atoms with E-state index in [-0.39, 0.29) is 23.8 Å². The first kappa shape index (κ1) is 19.0. The van der Waals surface area contributed by atoms with Crippen molar-refractivity contribution in [1.82, 2.24) is 4.90 Å². The van der Waals surface area contributed by atoms with Crippen LogP contribution in [0.25, 0.3) is 0 Å². The molecule has 0 bridgehead atoms. The van der Waals surface area contributed by atoms with Gasteiger partial charge in [-0.15, -0.1) is 0 Å². The summed E-state index contributed by atoms with van der Waals surface area (Å²) < 4.78 is 0. The van der Waals surface area contributed by atoms with Crippen LogP contribution in [0.15, 0.2) is 48.5 Å². The monoisotopic (exact) mass is 397 g/mol. The van der Waals surface area contributed by atoms with Gasteiger partial charge in [-0.05, 0) is 60.9 Å². The zero-order chi connectivity index (χ0) is 19.7. The number of nitrogens with zero attached hydrogens (tertiary/aromatic N) is 1. The Balaban J connectivity index is 1.60. The van der Waals surface area contributed by atoms with Gasteiger partial charge >= 0.3 is 5.97 Å². The van der Waals surface area contributed by atoms with Crippen LogP contribution >= 0.6 is 11.6 Å². The van der Waals surface area contributed by atoms with Crippen molar-refractivity contribution in [2.45, 2.75) is 44.7 Å². The molecule has 4 nitrogen and oxygen atoms in total. The molecule has 1 heterocycles. The quantitative estimate of drug-likeness (QED) is 0.804. The molecule has 1 unspecified atom stereocenters. The Morgan fingerprint density at radius 3 is 2.29 bits per heavy atom. The summed E-state index contributed by atoms with van der Waals surface area (Å²) in [6.07, 6.45) is 3.23. The van der Waals surface area contributed by atoms with Crippen LogP contribution in [0.5, 0.6) is 0 Å². The maximum atomic E-state index is 13.5. The molecule has 28 heavy (non-hydrogen) atoms. The number of carboxylic acids is 1. The molecule has 1 aliphatic heterocycles. The highest BCUT2D eigenvalue weighted by atomic mass is 35.5. The van der Waals surface area contributed by atoms with Gasteiger partial charge in [-0.1, -0.05) is 48.0 Å². The Kier molecular flexibility index (Phi) is 5.40. The Morgan fingerprint density at radius 1 is 0.929 bits per heavy atom. The predicted molar refractivity (Wildman–Crippen MR) is 108 cm³/mol. The SMILES string of the molecule is O=C(O)C1CCC(C(=O)N2Cc3cc(Cl)ccc3CC2c2ccccc2)CC1. The number of fused-ring (bicyclic) bond motifs is 1. The van der Waals surface area contributed by atoms with Crippen LogP contribution in [0.4, 0.5) is 0 Å². The first-order valence-corrected chi connectivity index (χ1v) is 10.3. The second kappa shape index (κ2) is 7.96. The highest BCUT2D eigenvalue weighted by Crippen LogP contribution is 2.38. The van der Waals surface area contributed by atoms with Crippen LogP contribution in [0.2, 0.25) is 5.02 Å². The van der Waals surface area contributed by atoms with Gasteiger partial charge in [0, 0.05) is 17.5 Å². The van der Waals surface area contributed by atoms with Crippen molar-refractivity contribution < 1.29 is 14.7 Å². The van der Waals surface area contributed by atoms with E-state index in [0.29, 0.717) is 37.3 Å². The fourth-order valence-electron chi connectivity index (χ4n) is 4.58. The summed E-state index contributed by atoms with van der Waals surface area (Å²) in [6, 6.07) is 16.1. The van der Waals surface area contributed by atoms with Crippen molar-refractivity contribution >= 4 is 23.5 Å². The zero-order valence-electron chi connectivity index (χ0n) is 15.7. The Bertz CT molecular complexity index is 875. The van der Waals surface area contributed by atoms with E-state index >= 15 is 0 Å². The van der Waals surface area contributed by atoms with Crippen molar-refractivity contribution in [3.8, 4) is 0 Å². The third-order valence-electron chi connectivity index (χ3n) is 6.19. The number of amides is 1. The van der Waals surface area contributed by atoms with Crippen molar-refractivity contribution in [2.24, 2.45) is 11.8 Å². The smallest absolute Gasteiger partial charge is 0.306 e. The van der Waals surface area contributed by atoms with Crippen molar-refractivity contribution in [3.63, 3.8) is 0 Å². The van der Waals surface area contributed by atoms with Crippen LogP contribution in [0.1, 0.15) is 48.4 Å². The molecule has 146 valence electrons. The minimum Gasteiger partial charge on any atom is -0.481 e. The Hall–Kier alpha value is -2.33. The van der Waals surface area contributed by atoms with E-state index in [1.807, 2.05) is 35.2 Å². The maximum absolute atomic E-state index is 13.5. The largest absolute Gasteiger partial charge is 0.481 e. The number of rotatable bonds is 3. The van der Waals surface area contributed by atoms with Crippen LogP contribution < -0.4 is 0 Å². The molecule has 5 heteroatoms. The second-order valence-electron chi connectivity index (χ2n) is 7.90. The molecule has 1 N–H and O–H groups in total. The maximum Gasteiger partial charge on any atom is 0.306 e. The van der Waals surface area contributed by atoms with Gasteiger partial charge in [-0.25, -0.2) is 0 Å². The Labute approximate surface area is 170 Å². The summed E-state index contributed by atoms with van der Waals surface area (Å²) in [4.78, 5) is 26.7. The summed E-state index contributed by atoms with van der Waals surface area (Å²) >= 11 is 6.19. The lowest BCUT2D eigenvalue weighted by atomic mass is 9.80. The average molecular weight is 398 g/mol. The van der Waals surface area contributed by atoms with E-state index in [9.17, 15) is 14.7 Å². The van der Waals surface area contributed by atoms with E-state index in [4.69, 9.17) is 11.6 Å². The molecule has 1 atom stereocenters. The minimum absolute atomic E-state index is 0.000396. The molecule has 1 fully saturated rings. The number of carbonyl (C=O) groups excluding carboxylic acids is 1. The van der Waals surface area contributed by atoms with Gasteiger partial charge in [-0.3, -0.25) is 9.59 Å². The summed E-state index contributed by atoms with van der Waals surface area (Å²) in [5.74, 6) is -1.00.